The predicted octanol–water partition coefficient (Wildman–Crippen LogP) is 3.03. The molecule has 0 radical (unpaired) electrons. The number of nitrogens with zero attached hydrogens (tertiary/aromatic N) is 4. The summed E-state index contributed by atoms with van der Waals surface area (Å²) in [7, 11) is 0. The quantitative estimate of drug-likeness (QED) is 0.616. The highest BCUT2D eigenvalue weighted by Crippen LogP contribution is 2.34. The Kier molecular flexibility index (Phi) is 5.06. The molecule has 2 aromatic rings. The van der Waals surface area contributed by atoms with Crippen LogP contribution in [0.15, 0.2) is 35.3 Å². The van der Waals surface area contributed by atoms with E-state index in [-0.39, 0.29) is 23.5 Å². The van der Waals surface area contributed by atoms with Crippen LogP contribution in [0.4, 0.5) is 0 Å². The van der Waals surface area contributed by atoms with Gasteiger partial charge in [0, 0.05) is 18.0 Å². The molecule has 2 aromatic heterocycles. The summed E-state index contributed by atoms with van der Waals surface area (Å²) in [6, 6.07) is 3.88. The summed E-state index contributed by atoms with van der Waals surface area (Å²) in [5.74, 6) is 0.785. The number of hydrogen-bond donors (Lipinski definition) is 2. The van der Waals surface area contributed by atoms with Crippen molar-refractivity contribution < 1.29 is 5.11 Å². The van der Waals surface area contributed by atoms with Gasteiger partial charge >= 0.3 is 0 Å². The molecule has 0 aliphatic carbocycles. The van der Waals surface area contributed by atoms with Crippen LogP contribution in [0.3, 0.4) is 0 Å². The Hall–Kier alpha value is -1.76. The zero-order chi connectivity index (χ0) is 15.4. The molecule has 2 N–H and O–H groups in total. The molecule has 0 saturated carbocycles. The number of H-pyrrole nitrogens is 1. The number of pyridine rings is 1. The molecule has 0 aliphatic rings. The van der Waals surface area contributed by atoms with Gasteiger partial charge in [-0.2, -0.15) is 0 Å². The number of allylic oxidation sites excluding steroid dienone is 1. The highest BCUT2D eigenvalue weighted by atomic mass is 79.9. The summed E-state index contributed by atoms with van der Waals surface area (Å²) in [5.41, 5.74) is 1.05. The molecule has 0 aliphatic heterocycles. The van der Waals surface area contributed by atoms with Gasteiger partial charge in [-0.3, -0.25) is 0 Å². The molecule has 0 saturated heterocycles. The monoisotopic (exact) mass is 351 g/mol. The summed E-state index contributed by atoms with van der Waals surface area (Å²) in [6.07, 6.45) is 2.47. The molecule has 2 heterocycles. The highest BCUT2D eigenvalue weighted by molar-refractivity contribution is 9.10. The van der Waals surface area contributed by atoms with Gasteiger partial charge in [0.2, 0.25) is 0 Å². The second-order valence-corrected chi connectivity index (χ2v) is 6.16. The molecule has 0 bridgehead atoms. The number of aromatic nitrogens is 5. The molecule has 2 atom stereocenters. The van der Waals surface area contributed by atoms with Crippen LogP contribution in [0.25, 0.3) is 0 Å². The number of halogens is 1. The summed E-state index contributed by atoms with van der Waals surface area (Å²) < 4.78 is 0.788. The van der Waals surface area contributed by atoms with Gasteiger partial charge in [0.25, 0.3) is 0 Å². The van der Waals surface area contributed by atoms with E-state index >= 15 is 0 Å². The van der Waals surface area contributed by atoms with Crippen LogP contribution in [0.5, 0.6) is 0 Å². The van der Waals surface area contributed by atoms with E-state index in [4.69, 9.17) is 0 Å². The number of aromatic amines is 1. The minimum absolute atomic E-state index is 0.0829. The van der Waals surface area contributed by atoms with Crippen LogP contribution in [0, 0.1) is 11.8 Å². The number of rotatable bonds is 6. The second-order valence-electron chi connectivity index (χ2n) is 5.35. The van der Waals surface area contributed by atoms with Crippen molar-refractivity contribution in [1.29, 1.82) is 0 Å². The Labute approximate surface area is 131 Å². The van der Waals surface area contributed by atoms with Crippen molar-refractivity contribution in [1.82, 2.24) is 25.6 Å². The molecule has 0 fully saturated rings. The molecule has 21 heavy (non-hydrogen) atoms. The van der Waals surface area contributed by atoms with E-state index < -0.39 is 0 Å². The molecule has 6 nitrogen and oxygen atoms in total. The minimum Gasteiger partial charge on any atom is -0.513 e. The van der Waals surface area contributed by atoms with Gasteiger partial charge < -0.3 is 5.11 Å². The zero-order valence-corrected chi connectivity index (χ0v) is 13.6. The normalized spacial score (nSPS) is 14.1. The highest BCUT2D eigenvalue weighted by Gasteiger charge is 2.31. The predicted molar refractivity (Wildman–Crippen MR) is 82.7 cm³/mol. The Balaban J connectivity index is 2.32. The first kappa shape index (κ1) is 15.6. The Morgan fingerprint density at radius 1 is 1.43 bits per heavy atom. The van der Waals surface area contributed by atoms with Crippen molar-refractivity contribution >= 4 is 15.9 Å². The lowest BCUT2D eigenvalue weighted by Gasteiger charge is -2.27. The topological polar surface area (TPSA) is 87.6 Å². The number of aliphatic hydroxyl groups excluding tert-OH is 1. The van der Waals surface area contributed by atoms with Gasteiger partial charge in [-0.1, -0.05) is 26.5 Å². The van der Waals surface area contributed by atoms with Gasteiger partial charge in [0.1, 0.15) is 4.60 Å². The number of aliphatic hydroxyl groups is 1. The van der Waals surface area contributed by atoms with Crippen LogP contribution >= 0.6 is 15.9 Å². The number of tetrazole rings is 1. The maximum Gasteiger partial charge on any atom is 0.152 e. The molecule has 0 aromatic carbocycles. The van der Waals surface area contributed by atoms with Crippen LogP contribution < -0.4 is 0 Å². The Morgan fingerprint density at radius 3 is 2.67 bits per heavy atom. The Bertz CT molecular complexity index is 582. The maximum absolute atomic E-state index is 9.97. The van der Waals surface area contributed by atoms with E-state index in [1.54, 1.807) is 6.20 Å². The lowest BCUT2D eigenvalue weighted by Crippen LogP contribution is -2.23. The molecule has 112 valence electrons. The van der Waals surface area contributed by atoms with Gasteiger partial charge in [-0.25, -0.2) is 10.1 Å². The number of nitrogens with one attached hydrogen (secondary N) is 1. The van der Waals surface area contributed by atoms with Crippen LogP contribution in [-0.4, -0.2) is 30.7 Å². The fraction of sp³-hybridized carbons (Fsp3) is 0.429. The average Bonchev–Trinajstić information content (AvgIpc) is 2.93. The molecule has 0 unspecified atom stereocenters. The van der Waals surface area contributed by atoms with Crippen molar-refractivity contribution in [2.45, 2.75) is 26.2 Å². The van der Waals surface area contributed by atoms with E-state index in [1.807, 2.05) is 26.0 Å². The molecule has 0 amide bonds. The van der Waals surface area contributed by atoms with Crippen LogP contribution in [0.1, 0.15) is 31.2 Å². The van der Waals surface area contributed by atoms with Crippen molar-refractivity contribution in [3.8, 4) is 0 Å². The largest absolute Gasteiger partial charge is 0.513 e. The van der Waals surface area contributed by atoms with Gasteiger partial charge in [-0.15, -0.1) is 5.10 Å². The zero-order valence-electron chi connectivity index (χ0n) is 12.0. The lowest BCUT2D eigenvalue weighted by molar-refractivity contribution is 0.243. The fourth-order valence-corrected chi connectivity index (χ4v) is 2.81. The van der Waals surface area contributed by atoms with E-state index in [0.717, 1.165) is 10.2 Å². The van der Waals surface area contributed by atoms with E-state index in [1.165, 1.54) is 0 Å². The molecule has 2 rings (SSSR count). The first-order valence-corrected chi connectivity index (χ1v) is 7.50. The SMILES string of the molecule is C=C(O)[C@@H](C(C)C)[C@H](Cc1ccc(Br)nc1)c1nnn[nH]1. The van der Waals surface area contributed by atoms with Gasteiger partial charge in [0.15, 0.2) is 5.82 Å². The lowest BCUT2D eigenvalue weighted by atomic mass is 9.78. The molecular formula is C14H18BrN5O. The van der Waals surface area contributed by atoms with E-state index in [2.05, 4.69) is 48.1 Å². The first-order chi connectivity index (χ1) is 9.99. The Morgan fingerprint density at radius 2 is 2.19 bits per heavy atom. The van der Waals surface area contributed by atoms with Crippen molar-refractivity contribution in [3.63, 3.8) is 0 Å². The van der Waals surface area contributed by atoms with Crippen LogP contribution in [0.2, 0.25) is 0 Å². The standard InChI is InChI=1S/C14H18BrN5O/c1-8(2)13(9(3)21)11(14-17-19-20-18-14)6-10-4-5-12(15)16-7-10/h4-5,7-8,11,13,21H,3,6H2,1-2H3,(H,17,18,19,20)/t11-,13+/m0/s1. The molecule has 7 heteroatoms. The van der Waals surface area contributed by atoms with Crippen molar-refractivity contribution in [3.05, 3.63) is 46.7 Å². The molecular weight excluding hydrogens is 334 g/mol. The second kappa shape index (κ2) is 6.80. The smallest absolute Gasteiger partial charge is 0.152 e. The first-order valence-electron chi connectivity index (χ1n) is 6.71. The third-order valence-corrected chi connectivity index (χ3v) is 3.96. The van der Waals surface area contributed by atoms with Gasteiger partial charge in [0.05, 0.1) is 5.76 Å². The minimum atomic E-state index is -0.136. The van der Waals surface area contributed by atoms with Crippen LogP contribution in [-0.2, 0) is 6.42 Å². The summed E-state index contributed by atoms with van der Waals surface area (Å²) in [6.45, 7) is 7.80. The van der Waals surface area contributed by atoms with Crippen molar-refractivity contribution in [2.24, 2.45) is 11.8 Å². The van der Waals surface area contributed by atoms with Gasteiger partial charge in [-0.05, 0) is 50.3 Å². The summed E-state index contributed by atoms with van der Waals surface area (Å²) in [5, 5.41) is 24.1. The molecule has 0 spiro atoms. The van der Waals surface area contributed by atoms with Crippen molar-refractivity contribution in [2.75, 3.05) is 0 Å². The third kappa shape index (κ3) is 3.87. The maximum atomic E-state index is 9.97. The fourth-order valence-electron chi connectivity index (χ4n) is 2.58. The third-order valence-electron chi connectivity index (χ3n) is 3.49. The summed E-state index contributed by atoms with van der Waals surface area (Å²) in [4.78, 5) is 4.23. The average molecular weight is 352 g/mol. The van der Waals surface area contributed by atoms with E-state index in [9.17, 15) is 5.11 Å². The van der Waals surface area contributed by atoms with E-state index in [0.29, 0.717) is 12.2 Å². The number of hydrogen-bond acceptors (Lipinski definition) is 5. The summed E-state index contributed by atoms with van der Waals surface area (Å²) >= 11 is 3.32.